The van der Waals surface area contributed by atoms with Gasteiger partial charge in [-0.05, 0) is 42.8 Å². The van der Waals surface area contributed by atoms with E-state index in [9.17, 15) is 0 Å². The average molecular weight is 387 g/mol. The molecular weight excluding hydrogens is 368 g/mol. The van der Waals surface area contributed by atoms with Crippen LogP contribution in [0.1, 0.15) is 5.56 Å². The smallest absolute Gasteiger partial charge is 0.228 e. The first-order valence-electron chi connectivity index (χ1n) is 8.02. The molecule has 0 aliphatic carbocycles. The molecule has 7 heteroatoms. The van der Waals surface area contributed by atoms with Gasteiger partial charge in [0.2, 0.25) is 5.88 Å². The van der Waals surface area contributed by atoms with E-state index in [1.165, 1.54) is 17.5 Å². The molecule has 0 spiro atoms. The van der Waals surface area contributed by atoms with E-state index in [0.717, 1.165) is 28.4 Å². The van der Waals surface area contributed by atoms with Gasteiger partial charge < -0.3 is 14.8 Å². The third-order valence-electron chi connectivity index (χ3n) is 3.65. The number of nitrogens with one attached hydrogen (secondary N) is 2. The Bertz CT molecular complexity index is 874. The van der Waals surface area contributed by atoms with E-state index in [-0.39, 0.29) is 0 Å². The number of rotatable bonds is 7. The third-order valence-corrected chi connectivity index (χ3v) is 4.70. The van der Waals surface area contributed by atoms with Crippen molar-refractivity contribution < 1.29 is 4.74 Å². The number of pyridine rings is 2. The zero-order chi connectivity index (χ0) is 18.4. The first-order valence-corrected chi connectivity index (χ1v) is 9.21. The van der Waals surface area contributed by atoms with Crippen LogP contribution < -0.4 is 14.8 Å². The van der Waals surface area contributed by atoms with E-state index < -0.39 is 0 Å². The average Bonchev–Trinajstić information content (AvgIpc) is 2.67. The predicted octanol–water partition coefficient (Wildman–Crippen LogP) is 4.64. The van der Waals surface area contributed by atoms with E-state index >= 15 is 0 Å². The van der Waals surface area contributed by atoms with Crippen molar-refractivity contribution >= 4 is 29.2 Å². The van der Waals surface area contributed by atoms with Crippen LogP contribution in [0.25, 0.3) is 11.3 Å². The zero-order valence-electron chi connectivity index (χ0n) is 14.5. The summed E-state index contributed by atoms with van der Waals surface area (Å²) in [6.07, 6.45) is 3.35. The Morgan fingerprint density at radius 2 is 1.92 bits per heavy atom. The van der Waals surface area contributed by atoms with Gasteiger partial charge in [0.25, 0.3) is 0 Å². The van der Waals surface area contributed by atoms with Crippen LogP contribution in [0.5, 0.6) is 5.88 Å². The second kappa shape index (κ2) is 8.89. The molecule has 0 fully saturated rings. The normalized spacial score (nSPS) is 10.6. The van der Waals surface area contributed by atoms with Crippen LogP contribution in [-0.2, 0) is 6.54 Å². The standard InChI is InChI=1S/C19H19ClN4OS/c1-21-11-13-3-5-14(6-4-13)17-10-16(7-8-22-17)24-26-18-9-15(20)12-23-19(18)25-2/h3-10,12,21H,11H2,1-2H3,(H,22,24). The van der Waals surface area contributed by atoms with Crippen molar-refractivity contribution in [1.29, 1.82) is 0 Å². The molecule has 0 saturated heterocycles. The molecule has 3 aromatic rings. The summed E-state index contributed by atoms with van der Waals surface area (Å²) < 4.78 is 8.56. The monoisotopic (exact) mass is 386 g/mol. The minimum Gasteiger partial charge on any atom is -0.480 e. The molecule has 2 N–H and O–H groups in total. The molecule has 2 heterocycles. The van der Waals surface area contributed by atoms with Gasteiger partial charge >= 0.3 is 0 Å². The van der Waals surface area contributed by atoms with Crippen molar-refractivity contribution in [2.45, 2.75) is 11.4 Å². The minimum absolute atomic E-state index is 0.529. The summed E-state index contributed by atoms with van der Waals surface area (Å²) in [5.41, 5.74) is 4.14. The quantitative estimate of drug-likeness (QED) is 0.576. The minimum atomic E-state index is 0.529. The highest BCUT2D eigenvalue weighted by atomic mass is 35.5. The van der Waals surface area contributed by atoms with Crippen molar-refractivity contribution in [1.82, 2.24) is 15.3 Å². The Balaban J connectivity index is 1.74. The predicted molar refractivity (Wildman–Crippen MR) is 108 cm³/mol. The van der Waals surface area contributed by atoms with Crippen molar-refractivity contribution in [2.75, 3.05) is 18.9 Å². The fourth-order valence-electron chi connectivity index (χ4n) is 2.40. The molecule has 0 bridgehead atoms. The van der Waals surface area contributed by atoms with Crippen molar-refractivity contribution in [3.63, 3.8) is 0 Å². The van der Waals surface area contributed by atoms with Gasteiger partial charge in [-0.3, -0.25) is 4.98 Å². The zero-order valence-corrected chi connectivity index (χ0v) is 16.1. The molecule has 134 valence electrons. The summed E-state index contributed by atoms with van der Waals surface area (Å²) >= 11 is 7.42. The Labute approximate surface area is 162 Å². The van der Waals surface area contributed by atoms with Crippen LogP contribution in [0.2, 0.25) is 5.02 Å². The summed E-state index contributed by atoms with van der Waals surface area (Å²) in [4.78, 5) is 9.44. The van der Waals surface area contributed by atoms with E-state index in [0.29, 0.717) is 10.9 Å². The number of ether oxygens (including phenoxy) is 1. The molecule has 0 saturated carbocycles. The number of aromatic nitrogens is 2. The fraction of sp³-hybridized carbons (Fsp3) is 0.158. The summed E-state index contributed by atoms with van der Waals surface area (Å²) in [7, 11) is 3.52. The van der Waals surface area contributed by atoms with Crippen LogP contribution >= 0.6 is 23.5 Å². The van der Waals surface area contributed by atoms with Gasteiger partial charge in [0.15, 0.2) is 0 Å². The van der Waals surface area contributed by atoms with E-state index in [4.69, 9.17) is 16.3 Å². The third kappa shape index (κ3) is 4.66. The SMILES string of the molecule is CNCc1ccc(-c2cc(NSc3cc(Cl)cnc3OC)ccn2)cc1. The molecule has 0 amide bonds. The lowest BCUT2D eigenvalue weighted by Gasteiger charge is -2.10. The lowest BCUT2D eigenvalue weighted by molar-refractivity contribution is 0.387. The Hall–Kier alpha value is -2.28. The number of hydrogen-bond acceptors (Lipinski definition) is 6. The number of benzene rings is 1. The summed E-state index contributed by atoms with van der Waals surface area (Å²) in [6, 6.07) is 14.1. The number of hydrogen-bond donors (Lipinski definition) is 2. The molecule has 0 aliphatic heterocycles. The lowest BCUT2D eigenvalue weighted by atomic mass is 10.1. The maximum atomic E-state index is 6.02. The highest BCUT2D eigenvalue weighted by Crippen LogP contribution is 2.31. The topological polar surface area (TPSA) is 59.1 Å². The second-order valence-electron chi connectivity index (χ2n) is 5.52. The molecular formula is C19H19ClN4OS. The fourth-order valence-corrected chi connectivity index (χ4v) is 3.38. The van der Waals surface area contributed by atoms with Gasteiger partial charge in [-0.2, -0.15) is 0 Å². The molecule has 26 heavy (non-hydrogen) atoms. The Morgan fingerprint density at radius 1 is 1.12 bits per heavy atom. The van der Waals surface area contributed by atoms with Gasteiger partial charge in [0.05, 0.1) is 22.7 Å². The highest BCUT2D eigenvalue weighted by Gasteiger charge is 2.08. The molecule has 0 radical (unpaired) electrons. The number of nitrogens with zero attached hydrogens (tertiary/aromatic N) is 2. The highest BCUT2D eigenvalue weighted by molar-refractivity contribution is 8.00. The molecule has 0 aliphatic rings. The van der Waals surface area contributed by atoms with E-state index in [1.54, 1.807) is 19.5 Å². The van der Waals surface area contributed by atoms with Crippen molar-refractivity contribution in [2.24, 2.45) is 0 Å². The Morgan fingerprint density at radius 3 is 2.65 bits per heavy atom. The molecule has 3 rings (SSSR count). The first-order chi connectivity index (χ1) is 12.7. The summed E-state index contributed by atoms with van der Waals surface area (Å²) in [6.45, 7) is 0.849. The number of halogens is 1. The van der Waals surface area contributed by atoms with E-state index in [2.05, 4.69) is 44.3 Å². The van der Waals surface area contributed by atoms with Gasteiger partial charge in [-0.15, -0.1) is 0 Å². The van der Waals surface area contributed by atoms with Gasteiger partial charge in [-0.25, -0.2) is 4.98 Å². The van der Waals surface area contributed by atoms with Crippen LogP contribution in [0.4, 0.5) is 5.69 Å². The van der Waals surface area contributed by atoms with Crippen molar-refractivity contribution in [3.8, 4) is 17.1 Å². The molecule has 5 nitrogen and oxygen atoms in total. The summed E-state index contributed by atoms with van der Waals surface area (Å²) in [5.74, 6) is 0.529. The largest absolute Gasteiger partial charge is 0.480 e. The number of anilines is 1. The van der Waals surface area contributed by atoms with Gasteiger partial charge in [0, 0.05) is 30.2 Å². The van der Waals surface area contributed by atoms with Crippen LogP contribution in [0.3, 0.4) is 0 Å². The maximum Gasteiger partial charge on any atom is 0.228 e. The first kappa shape index (κ1) is 18.5. The molecule has 0 atom stereocenters. The van der Waals surface area contributed by atoms with Gasteiger partial charge in [-0.1, -0.05) is 35.9 Å². The lowest BCUT2D eigenvalue weighted by Crippen LogP contribution is -2.04. The molecule has 1 aromatic carbocycles. The molecule has 2 aromatic heterocycles. The second-order valence-corrected chi connectivity index (χ2v) is 6.81. The van der Waals surface area contributed by atoms with E-state index in [1.807, 2.05) is 25.2 Å². The van der Waals surface area contributed by atoms with Crippen LogP contribution in [0.15, 0.2) is 59.8 Å². The number of methoxy groups -OCH3 is 1. The van der Waals surface area contributed by atoms with Crippen LogP contribution in [0, 0.1) is 0 Å². The molecule has 0 unspecified atom stereocenters. The van der Waals surface area contributed by atoms with Gasteiger partial charge in [0.1, 0.15) is 0 Å². The van der Waals surface area contributed by atoms with Crippen molar-refractivity contribution in [3.05, 3.63) is 65.4 Å². The Kier molecular flexibility index (Phi) is 6.33. The van der Waals surface area contributed by atoms with Crippen LogP contribution in [-0.4, -0.2) is 24.1 Å². The maximum absolute atomic E-state index is 6.02. The summed E-state index contributed by atoms with van der Waals surface area (Å²) in [5, 5.41) is 3.71.